The number of piperidine rings is 1. The van der Waals surface area contributed by atoms with Crippen molar-refractivity contribution >= 4 is 28.2 Å². The maximum Gasteiger partial charge on any atom is 0.230 e. The smallest absolute Gasteiger partial charge is 0.230 e. The molecular weight excluding hydrogens is 370 g/mol. The summed E-state index contributed by atoms with van der Waals surface area (Å²) in [5.41, 5.74) is 2.06. The highest BCUT2D eigenvalue weighted by molar-refractivity contribution is 7.17. The Labute approximate surface area is 170 Å². The molecule has 1 aliphatic heterocycles. The average molecular weight is 398 g/mol. The zero-order valence-corrected chi connectivity index (χ0v) is 17.3. The lowest BCUT2D eigenvalue weighted by molar-refractivity contribution is -0.121. The standard InChI is InChI=1S/C22H27N3O2S/c1-22(2)11-17-19(18(26)12-22)28-21(23-17)24-20(27)16-9-6-10-25(14-16)13-15-7-4-3-5-8-15/h3-5,7-8,16H,6,9-14H2,1-2H3,(H,23,24,27). The van der Waals surface area contributed by atoms with Crippen LogP contribution < -0.4 is 5.32 Å². The minimum Gasteiger partial charge on any atom is -0.302 e. The van der Waals surface area contributed by atoms with Gasteiger partial charge in [-0.3, -0.25) is 14.5 Å². The van der Waals surface area contributed by atoms with Crippen molar-refractivity contribution < 1.29 is 9.59 Å². The number of hydrogen-bond acceptors (Lipinski definition) is 5. The van der Waals surface area contributed by atoms with Crippen LogP contribution in [0.15, 0.2) is 30.3 Å². The van der Waals surface area contributed by atoms with Crippen LogP contribution in [0.25, 0.3) is 0 Å². The van der Waals surface area contributed by atoms with Crippen LogP contribution in [-0.2, 0) is 17.8 Å². The Bertz CT molecular complexity index is 875. The van der Waals surface area contributed by atoms with Gasteiger partial charge >= 0.3 is 0 Å². The van der Waals surface area contributed by atoms with Crippen LogP contribution in [0.4, 0.5) is 5.13 Å². The molecule has 4 rings (SSSR count). The Morgan fingerprint density at radius 3 is 2.86 bits per heavy atom. The molecule has 1 aromatic heterocycles. The number of benzene rings is 1. The number of nitrogens with zero attached hydrogens (tertiary/aromatic N) is 2. The first-order valence-corrected chi connectivity index (χ1v) is 10.8. The predicted molar refractivity (Wildman–Crippen MR) is 112 cm³/mol. The summed E-state index contributed by atoms with van der Waals surface area (Å²) >= 11 is 1.33. The van der Waals surface area contributed by atoms with Crippen LogP contribution in [0.5, 0.6) is 0 Å². The molecule has 1 amide bonds. The minimum atomic E-state index is -0.0548. The molecule has 6 heteroatoms. The normalized spacial score (nSPS) is 21.9. The van der Waals surface area contributed by atoms with Gasteiger partial charge in [-0.2, -0.15) is 0 Å². The van der Waals surface area contributed by atoms with E-state index in [1.54, 1.807) is 0 Å². The van der Waals surface area contributed by atoms with Crippen molar-refractivity contribution in [2.45, 2.75) is 46.1 Å². The molecule has 1 unspecified atom stereocenters. The summed E-state index contributed by atoms with van der Waals surface area (Å²) in [5, 5.41) is 3.56. The Hall–Kier alpha value is -2.05. The molecule has 1 saturated heterocycles. The van der Waals surface area contributed by atoms with E-state index >= 15 is 0 Å². The van der Waals surface area contributed by atoms with Gasteiger partial charge in [-0.25, -0.2) is 4.98 Å². The highest BCUT2D eigenvalue weighted by atomic mass is 32.1. The fourth-order valence-electron chi connectivity index (χ4n) is 4.24. The van der Waals surface area contributed by atoms with E-state index in [0.717, 1.165) is 49.5 Å². The maximum absolute atomic E-state index is 12.8. The van der Waals surface area contributed by atoms with E-state index in [4.69, 9.17) is 0 Å². The molecule has 0 radical (unpaired) electrons. The van der Waals surface area contributed by atoms with Gasteiger partial charge in [-0.15, -0.1) is 0 Å². The number of rotatable bonds is 4. The summed E-state index contributed by atoms with van der Waals surface area (Å²) < 4.78 is 0. The Balaban J connectivity index is 1.39. The van der Waals surface area contributed by atoms with Gasteiger partial charge in [0.05, 0.1) is 16.5 Å². The molecule has 5 nitrogen and oxygen atoms in total. The summed E-state index contributed by atoms with van der Waals surface area (Å²) in [7, 11) is 0. The summed E-state index contributed by atoms with van der Waals surface area (Å²) in [5.74, 6) is 0.136. The van der Waals surface area contributed by atoms with Crippen LogP contribution in [0, 0.1) is 11.3 Å². The number of nitrogens with one attached hydrogen (secondary N) is 1. The topological polar surface area (TPSA) is 62.3 Å². The molecule has 2 aliphatic rings. The summed E-state index contributed by atoms with van der Waals surface area (Å²) in [4.78, 5) is 32.8. The molecule has 0 bridgehead atoms. The van der Waals surface area contributed by atoms with Crippen molar-refractivity contribution in [3.63, 3.8) is 0 Å². The Morgan fingerprint density at radius 1 is 1.29 bits per heavy atom. The number of aromatic nitrogens is 1. The fraction of sp³-hybridized carbons (Fsp3) is 0.500. The maximum atomic E-state index is 12.8. The third-order valence-electron chi connectivity index (χ3n) is 5.59. The van der Waals surface area contributed by atoms with Gasteiger partial charge in [0.15, 0.2) is 10.9 Å². The molecule has 1 aliphatic carbocycles. The van der Waals surface area contributed by atoms with Gasteiger partial charge in [-0.1, -0.05) is 55.5 Å². The zero-order valence-electron chi connectivity index (χ0n) is 16.5. The third-order valence-corrected chi connectivity index (χ3v) is 6.65. The van der Waals surface area contributed by atoms with Crippen LogP contribution in [0.2, 0.25) is 0 Å². The molecule has 1 atom stereocenters. The van der Waals surface area contributed by atoms with E-state index in [1.165, 1.54) is 16.9 Å². The second-order valence-corrected chi connectivity index (χ2v) is 9.78. The van der Waals surface area contributed by atoms with Gasteiger partial charge in [0.25, 0.3) is 0 Å². The van der Waals surface area contributed by atoms with Gasteiger partial charge in [0, 0.05) is 19.5 Å². The predicted octanol–water partition coefficient (Wildman–Crippen LogP) is 4.15. The first-order chi connectivity index (χ1) is 13.4. The number of carbonyl (C=O) groups is 2. The van der Waals surface area contributed by atoms with E-state index in [9.17, 15) is 9.59 Å². The minimum absolute atomic E-state index is 0.0237. The molecule has 0 saturated carbocycles. The van der Waals surface area contributed by atoms with Crippen molar-refractivity contribution in [3.8, 4) is 0 Å². The van der Waals surface area contributed by atoms with Crippen molar-refractivity contribution in [2.75, 3.05) is 18.4 Å². The van der Waals surface area contributed by atoms with E-state index in [0.29, 0.717) is 11.6 Å². The molecule has 28 heavy (non-hydrogen) atoms. The molecule has 1 N–H and O–H groups in total. The number of hydrogen-bond donors (Lipinski definition) is 1. The number of ketones is 1. The van der Waals surface area contributed by atoms with Crippen molar-refractivity contribution in [1.82, 2.24) is 9.88 Å². The zero-order chi connectivity index (χ0) is 19.7. The number of carbonyl (C=O) groups excluding carboxylic acids is 2. The van der Waals surface area contributed by atoms with Crippen molar-refractivity contribution in [2.24, 2.45) is 11.3 Å². The van der Waals surface area contributed by atoms with Crippen LogP contribution in [0.1, 0.15) is 54.0 Å². The van der Waals surface area contributed by atoms with Gasteiger partial charge in [0.2, 0.25) is 5.91 Å². The average Bonchev–Trinajstić information content (AvgIpc) is 3.04. The van der Waals surface area contributed by atoms with Crippen molar-refractivity contribution in [1.29, 1.82) is 0 Å². The Kier molecular flexibility index (Phi) is 5.34. The lowest BCUT2D eigenvalue weighted by atomic mass is 9.78. The van der Waals surface area contributed by atoms with Crippen molar-refractivity contribution in [3.05, 3.63) is 46.5 Å². The van der Waals surface area contributed by atoms with Gasteiger partial charge in [-0.05, 0) is 36.8 Å². The van der Waals surface area contributed by atoms with Crippen LogP contribution in [-0.4, -0.2) is 34.7 Å². The lowest BCUT2D eigenvalue weighted by Crippen LogP contribution is -2.40. The highest BCUT2D eigenvalue weighted by Gasteiger charge is 2.34. The van der Waals surface area contributed by atoms with E-state index in [2.05, 4.69) is 53.3 Å². The second-order valence-electron chi connectivity index (χ2n) is 8.78. The number of amides is 1. The molecule has 2 heterocycles. The number of thiazole rings is 1. The lowest BCUT2D eigenvalue weighted by Gasteiger charge is -2.31. The van der Waals surface area contributed by atoms with Crippen LogP contribution in [0.3, 0.4) is 0 Å². The van der Waals surface area contributed by atoms with Gasteiger partial charge in [0.1, 0.15) is 0 Å². The number of fused-ring (bicyclic) bond motifs is 1. The molecule has 0 spiro atoms. The second kappa shape index (κ2) is 7.76. The molecule has 1 aromatic carbocycles. The van der Waals surface area contributed by atoms with Crippen LogP contribution >= 0.6 is 11.3 Å². The van der Waals surface area contributed by atoms with E-state index < -0.39 is 0 Å². The highest BCUT2D eigenvalue weighted by Crippen LogP contribution is 2.38. The third kappa shape index (κ3) is 4.33. The summed E-state index contributed by atoms with van der Waals surface area (Å²) in [6.45, 7) is 6.84. The fourth-order valence-corrected chi connectivity index (χ4v) is 5.16. The van der Waals surface area contributed by atoms with E-state index in [-0.39, 0.29) is 23.0 Å². The molecule has 148 valence electrons. The Morgan fingerprint density at radius 2 is 2.07 bits per heavy atom. The summed E-state index contributed by atoms with van der Waals surface area (Å²) in [6.07, 6.45) is 3.25. The molecule has 1 fully saturated rings. The number of anilines is 1. The van der Waals surface area contributed by atoms with Gasteiger partial charge < -0.3 is 5.32 Å². The SMILES string of the molecule is CC1(C)CC(=O)c2sc(NC(=O)C3CCCN(Cc4ccccc4)C3)nc2C1. The quantitative estimate of drug-likeness (QED) is 0.842. The number of Topliss-reactive ketones (excluding diaryl/α,β-unsaturated/α-hetero) is 1. The summed E-state index contributed by atoms with van der Waals surface area (Å²) in [6, 6.07) is 10.4. The first kappa shape index (κ1) is 19.3. The monoisotopic (exact) mass is 397 g/mol. The molecular formula is C22H27N3O2S. The first-order valence-electron chi connectivity index (χ1n) is 10.00. The van der Waals surface area contributed by atoms with E-state index in [1.807, 2.05) is 6.07 Å². The largest absolute Gasteiger partial charge is 0.302 e. The number of likely N-dealkylation sites (tertiary alicyclic amines) is 1. The molecule has 2 aromatic rings.